The summed E-state index contributed by atoms with van der Waals surface area (Å²) in [5.41, 5.74) is 3.36. The first-order chi connectivity index (χ1) is 9.72. The van der Waals surface area contributed by atoms with E-state index in [-0.39, 0.29) is 0 Å². The van der Waals surface area contributed by atoms with E-state index in [0.717, 1.165) is 18.0 Å². The second-order valence-corrected chi connectivity index (χ2v) is 5.49. The molecule has 1 saturated carbocycles. The molecule has 3 rings (SSSR count). The van der Waals surface area contributed by atoms with Crippen LogP contribution in [-0.2, 0) is 20.2 Å². The summed E-state index contributed by atoms with van der Waals surface area (Å²) >= 11 is 0. The molecule has 1 aromatic heterocycles. The zero-order chi connectivity index (χ0) is 13.9. The number of aromatic nitrogens is 2. The van der Waals surface area contributed by atoms with Gasteiger partial charge in [0.25, 0.3) is 0 Å². The molecule has 0 atom stereocenters. The minimum atomic E-state index is 0.516. The molecule has 0 bridgehead atoms. The number of hydrogen-bond acceptors (Lipinski definition) is 3. The van der Waals surface area contributed by atoms with Crippen molar-refractivity contribution >= 4 is 0 Å². The average Bonchev–Trinajstić information content (AvgIpc) is 3.17. The molecule has 1 aliphatic carbocycles. The monoisotopic (exact) mass is 271 g/mol. The summed E-state index contributed by atoms with van der Waals surface area (Å²) in [7, 11) is 1.92. The highest BCUT2D eigenvalue weighted by Crippen LogP contribution is 2.26. The first-order valence-corrected chi connectivity index (χ1v) is 7.15. The summed E-state index contributed by atoms with van der Waals surface area (Å²) < 4.78 is 7.80. The fourth-order valence-electron chi connectivity index (χ4n) is 2.29. The molecule has 0 spiro atoms. The Morgan fingerprint density at radius 3 is 2.90 bits per heavy atom. The van der Waals surface area contributed by atoms with E-state index in [1.807, 2.05) is 19.3 Å². The molecule has 1 aliphatic rings. The second-order valence-electron chi connectivity index (χ2n) is 5.49. The third kappa shape index (κ3) is 3.20. The number of nitrogens with zero attached hydrogens (tertiary/aromatic N) is 2. The van der Waals surface area contributed by atoms with Gasteiger partial charge < -0.3 is 10.1 Å². The first-order valence-electron chi connectivity index (χ1n) is 7.15. The molecule has 2 aromatic rings. The van der Waals surface area contributed by atoms with Crippen LogP contribution in [0.5, 0.6) is 5.75 Å². The highest BCUT2D eigenvalue weighted by molar-refractivity contribution is 5.40. The number of aryl methyl sites for hydroxylation is 2. The highest BCUT2D eigenvalue weighted by atomic mass is 16.5. The van der Waals surface area contributed by atoms with Crippen LogP contribution in [0.1, 0.15) is 29.7 Å². The summed E-state index contributed by atoms with van der Waals surface area (Å²) in [4.78, 5) is 0. The number of para-hydroxylation sites is 1. The molecule has 1 fully saturated rings. The van der Waals surface area contributed by atoms with Crippen molar-refractivity contribution in [1.29, 1.82) is 0 Å². The van der Waals surface area contributed by atoms with Crippen molar-refractivity contribution in [1.82, 2.24) is 15.1 Å². The van der Waals surface area contributed by atoms with Gasteiger partial charge in [-0.2, -0.15) is 5.10 Å². The van der Waals surface area contributed by atoms with Crippen LogP contribution in [0.3, 0.4) is 0 Å². The maximum Gasteiger partial charge on any atom is 0.132 e. The van der Waals surface area contributed by atoms with Crippen molar-refractivity contribution < 1.29 is 4.74 Å². The van der Waals surface area contributed by atoms with E-state index in [1.54, 1.807) is 4.68 Å². The lowest BCUT2D eigenvalue weighted by molar-refractivity contribution is 0.294. The van der Waals surface area contributed by atoms with Gasteiger partial charge in [-0.15, -0.1) is 0 Å². The van der Waals surface area contributed by atoms with Crippen molar-refractivity contribution in [2.24, 2.45) is 7.05 Å². The Balaban J connectivity index is 1.69. The van der Waals surface area contributed by atoms with E-state index in [1.165, 1.54) is 24.0 Å². The van der Waals surface area contributed by atoms with E-state index in [0.29, 0.717) is 12.6 Å². The van der Waals surface area contributed by atoms with Gasteiger partial charge in [0.1, 0.15) is 12.4 Å². The van der Waals surface area contributed by atoms with Crippen LogP contribution in [0.15, 0.2) is 30.5 Å². The summed E-state index contributed by atoms with van der Waals surface area (Å²) in [6.45, 7) is 3.49. The summed E-state index contributed by atoms with van der Waals surface area (Å²) in [6, 6.07) is 9.01. The minimum Gasteiger partial charge on any atom is -0.487 e. The van der Waals surface area contributed by atoms with Gasteiger partial charge in [0, 0.05) is 31.4 Å². The van der Waals surface area contributed by atoms with E-state index in [2.05, 4.69) is 35.5 Å². The topological polar surface area (TPSA) is 39.1 Å². The van der Waals surface area contributed by atoms with Crippen LogP contribution in [0.2, 0.25) is 0 Å². The third-order valence-electron chi connectivity index (χ3n) is 3.59. The Labute approximate surface area is 119 Å². The predicted octanol–water partition coefficient (Wildman–Crippen LogP) is 2.56. The molecule has 1 N–H and O–H groups in total. The largest absolute Gasteiger partial charge is 0.487 e. The van der Waals surface area contributed by atoms with Crippen LogP contribution in [0.4, 0.5) is 0 Å². The lowest BCUT2D eigenvalue weighted by atomic mass is 10.1. The summed E-state index contributed by atoms with van der Waals surface area (Å²) in [5, 5.41) is 7.89. The molecule has 0 unspecified atom stereocenters. The van der Waals surface area contributed by atoms with Crippen LogP contribution in [-0.4, -0.2) is 15.8 Å². The lowest BCUT2D eigenvalue weighted by Gasteiger charge is -2.14. The molecular formula is C16H21N3O. The van der Waals surface area contributed by atoms with Crippen LogP contribution in [0, 0.1) is 6.92 Å². The Kier molecular flexibility index (Phi) is 3.74. The Morgan fingerprint density at radius 2 is 2.20 bits per heavy atom. The van der Waals surface area contributed by atoms with Gasteiger partial charge in [0.2, 0.25) is 0 Å². The summed E-state index contributed by atoms with van der Waals surface area (Å²) in [6.07, 6.45) is 4.54. The molecule has 4 nitrogen and oxygen atoms in total. The van der Waals surface area contributed by atoms with Gasteiger partial charge in [-0.1, -0.05) is 18.2 Å². The average molecular weight is 271 g/mol. The smallest absolute Gasteiger partial charge is 0.132 e. The van der Waals surface area contributed by atoms with Crippen LogP contribution >= 0.6 is 0 Å². The molecule has 0 aliphatic heterocycles. The lowest BCUT2D eigenvalue weighted by Crippen LogP contribution is -2.16. The third-order valence-corrected chi connectivity index (χ3v) is 3.59. The summed E-state index contributed by atoms with van der Waals surface area (Å²) in [5.74, 6) is 0.992. The molecular weight excluding hydrogens is 250 g/mol. The van der Waals surface area contributed by atoms with Crippen molar-refractivity contribution in [2.45, 2.75) is 39.0 Å². The van der Waals surface area contributed by atoms with Crippen molar-refractivity contribution in [2.75, 3.05) is 0 Å². The molecule has 106 valence electrons. The van der Waals surface area contributed by atoms with E-state index < -0.39 is 0 Å². The van der Waals surface area contributed by atoms with E-state index in [4.69, 9.17) is 4.74 Å². The van der Waals surface area contributed by atoms with Gasteiger partial charge in [-0.3, -0.25) is 4.68 Å². The second kappa shape index (κ2) is 5.67. The molecule has 20 heavy (non-hydrogen) atoms. The van der Waals surface area contributed by atoms with Crippen molar-refractivity contribution in [3.05, 3.63) is 47.3 Å². The zero-order valence-corrected chi connectivity index (χ0v) is 12.1. The number of ether oxygens (including phenoxy) is 1. The fourth-order valence-corrected chi connectivity index (χ4v) is 2.29. The maximum absolute atomic E-state index is 6.00. The van der Waals surface area contributed by atoms with Gasteiger partial charge in [0.05, 0.1) is 5.69 Å². The van der Waals surface area contributed by atoms with Gasteiger partial charge in [0.15, 0.2) is 0 Å². The van der Waals surface area contributed by atoms with E-state index in [9.17, 15) is 0 Å². The number of nitrogens with one attached hydrogen (secondary N) is 1. The SMILES string of the molecule is Cc1cccc(CNC2CC2)c1OCc1ccn(C)n1. The van der Waals surface area contributed by atoms with Crippen molar-refractivity contribution in [3.63, 3.8) is 0 Å². The Bertz CT molecular complexity index is 587. The number of hydrogen-bond donors (Lipinski definition) is 1. The van der Waals surface area contributed by atoms with Gasteiger partial charge >= 0.3 is 0 Å². The Hall–Kier alpha value is -1.81. The minimum absolute atomic E-state index is 0.516. The zero-order valence-electron chi connectivity index (χ0n) is 12.1. The van der Waals surface area contributed by atoms with Gasteiger partial charge in [-0.05, 0) is 31.4 Å². The molecule has 0 radical (unpaired) electrons. The molecule has 1 aromatic carbocycles. The number of benzene rings is 1. The first kappa shape index (κ1) is 13.2. The highest BCUT2D eigenvalue weighted by Gasteiger charge is 2.20. The molecule has 4 heteroatoms. The van der Waals surface area contributed by atoms with E-state index >= 15 is 0 Å². The Morgan fingerprint density at radius 1 is 1.35 bits per heavy atom. The van der Waals surface area contributed by atoms with Crippen LogP contribution < -0.4 is 10.1 Å². The van der Waals surface area contributed by atoms with Gasteiger partial charge in [-0.25, -0.2) is 0 Å². The molecule has 0 saturated heterocycles. The standard InChI is InChI=1S/C16H21N3O/c1-12-4-3-5-13(10-17-14-6-7-14)16(12)20-11-15-8-9-19(2)18-15/h3-5,8-9,14,17H,6-7,10-11H2,1-2H3. The fraction of sp³-hybridized carbons (Fsp3) is 0.438. The quantitative estimate of drug-likeness (QED) is 0.877. The molecule has 0 amide bonds. The number of rotatable bonds is 6. The molecule has 1 heterocycles. The normalized spacial score (nSPS) is 14.5. The maximum atomic E-state index is 6.00. The van der Waals surface area contributed by atoms with Crippen molar-refractivity contribution in [3.8, 4) is 5.75 Å². The van der Waals surface area contributed by atoms with Crippen LogP contribution in [0.25, 0.3) is 0 Å². The predicted molar refractivity (Wildman–Crippen MR) is 78.6 cm³/mol.